The van der Waals surface area contributed by atoms with Crippen molar-refractivity contribution in [1.82, 2.24) is 19.7 Å². The molecule has 2 aromatic rings. The summed E-state index contributed by atoms with van der Waals surface area (Å²) in [6, 6.07) is 9.62. The van der Waals surface area contributed by atoms with Crippen molar-refractivity contribution in [1.29, 1.82) is 5.26 Å². The molecule has 0 radical (unpaired) electrons. The molecular weight excluding hydrogens is 410 g/mol. The SMILES string of the molecule is CN(C(=O)CSc1nnc(COc2ccccc2Cl)n1C)C1(C#N)CCCCC1. The van der Waals surface area contributed by atoms with Gasteiger partial charge in [-0.15, -0.1) is 10.2 Å². The van der Waals surface area contributed by atoms with Crippen LogP contribution in [0.3, 0.4) is 0 Å². The summed E-state index contributed by atoms with van der Waals surface area (Å²) in [6.07, 6.45) is 4.57. The van der Waals surface area contributed by atoms with E-state index in [9.17, 15) is 10.1 Å². The van der Waals surface area contributed by atoms with Gasteiger partial charge in [0.25, 0.3) is 0 Å². The standard InChI is InChI=1S/C20H24ClN5O2S/c1-25-17(12-28-16-9-5-4-8-15(16)21)23-24-19(25)29-13-18(27)26(2)20(14-22)10-6-3-7-11-20/h4-5,8-9H,3,6-7,10-13H2,1-2H3. The van der Waals surface area contributed by atoms with Crippen LogP contribution in [0.15, 0.2) is 29.4 Å². The van der Waals surface area contributed by atoms with E-state index < -0.39 is 5.54 Å². The average molecular weight is 434 g/mol. The Hall–Kier alpha value is -2.24. The minimum atomic E-state index is -0.677. The zero-order valence-corrected chi connectivity index (χ0v) is 18.2. The summed E-state index contributed by atoms with van der Waals surface area (Å²) in [5.41, 5.74) is -0.677. The number of hydrogen-bond donors (Lipinski definition) is 0. The van der Waals surface area contributed by atoms with Gasteiger partial charge < -0.3 is 14.2 Å². The molecule has 3 rings (SSSR count). The average Bonchev–Trinajstić information content (AvgIpc) is 3.10. The van der Waals surface area contributed by atoms with E-state index in [-0.39, 0.29) is 18.3 Å². The molecule has 0 bridgehead atoms. The lowest BCUT2D eigenvalue weighted by Crippen LogP contribution is -2.50. The van der Waals surface area contributed by atoms with Gasteiger partial charge in [-0.25, -0.2) is 0 Å². The highest BCUT2D eigenvalue weighted by atomic mass is 35.5. The van der Waals surface area contributed by atoms with Crippen LogP contribution in [0.4, 0.5) is 0 Å². The maximum absolute atomic E-state index is 12.7. The van der Waals surface area contributed by atoms with Crippen LogP contribution in [0.1, 0.15) is 37.9 Å². The summed E-state index contributed by atoms with van der Waals surface area (Å²) in [6.45, 7) is 0.221. The lowest BCUT2D eigenvalue weighted by atomic mass is 9.81. The van der Waals surface area contributed by atoms with Gasteiger partial charge in [-0.05, 0) is 25.0 Å². The fraction of sp³-hybridized carbons (Fsp3) is 0.500. The Morgan fingerprint density at radius 2 is 2.07 bits per heavy atom. The number of para-hydroxylation sites is 1. The largest absolute Gasteiger partial charge is 0.484 e. The molecule has 1 amide bonds. The number of nitriles is 1. The number of hydrogen-bond acceptors (Lipinski definition) is 6. The van der Waals surface area contributed by atoms with Gasteiger partial charge in [-0.2, -0.15) is 5.26 Å². The highest BCUT2D eigenvalue weighted by Gasteiger charge is 2.38. The van der Waals surface area contributed by atoms with Crippen LogP contribution in [0.25, 0.3) is 0 Å². The van der Waals surface area contributed by atoms with Gasteiger partial charge in [-0.3, -0.25) is 4.79 Å². The summed E-state index contributed by atoms with van der Waals surface area (Å²) in [5, 5.41) is 19.1. The molecule has 0 N–H and O–H groups in total. The molecule has 9 heteroatoms. The lowest BCUT2D eigenvalue weighted by Gasteiger charge is -2.39. The molecule has 154 valence electrons. The third kappa shape index (κ3) is 4.85. The molecule has 0 atom stereocenters. The summed E-state index contributed by atoms with van der Waals surface area (Å²) >= 11 is 7.41. The molecule has 0 unspecified atom stereocenters. The first-order valence-electron chi connectivity index (χ1n) is 9.53. The van der Waals surface area contributed by atoms with Crippen molar-refractivity contribution in [2.24, 2.45) is 7.05 Å². The minimum Gasteiger partial charge on any atom is -0.484 e. The monoisotopic (exact) mass is 433 g/mol. The van der Waals surface area contributed by atoms with Gasteiger partial charge in [-0.1, -0.05) is 54.8 Å². The van der Waals surface area contributed by atoms with Crippen molar-refractivity contribution in [3.8, 4) is 11.8 Å². The van der Waals surface area contributed by atoms with E-state index in [1.54, 1.807) is 28.6 Å². The molecule has 1 aliphatic carbocycles. The predicted molar refractivity (Wildman–Crippen MR) is 112 cm³/mol. The molecule has 29 heavy (non-hydrogen) atoms. The summed E-state index contributed by atoms with van der Waals surface area (Å²) in [5.74, 6) is 1.35. The molecule has 0 spiro atoms. The van der Waals surface area contributed by atoms with E-state index in [1.165, 1.54) is 11.8 Å². The molecule has 1 aliphatic rings. The second-order valence-electron chi connectivity index (χ2n) is 7.12. The third-order valence-corrected chi connectivity index (χ3v) is 6.67. The number of aromatic nitrogens is 3. The van der Waals surface area contributed by atoms with Gasteiger partial charge in [0.1, 0.15) is 17.9 Å². The highest BCUT2D eigenvalue weighted by molar-refractivity contribution is 7.99. The highest BCUT2D eigenvalue weighted by Crippen LogP contribution is 2.33. The molecule has 1 aromatic carbocycles. The Balaban J connectivity index is 1.58. The van der Waals surface area contributed by atoms with Crippen LogP contribution < -0.4 is 4.74 Å². The topological polar surface area (TPSA) is 84.0 Å². The van der Waals surface area contributed by atoms with Crippen LogP contribution in [0.5, 0.6) is 5.75 Å². The van der Waals surface area contributed by atoms with Crippen LogP contribution in [0, 0.1) is 11.3 Å². The number of benzene rings is 1. The number of amides is 1. The second kappa shape index (κ2) is 9.51. The van der Waals surface area contributed by atoms with Crippen LogP contribution >= 0.6 is 23.4 Å². The van der Waals surface area contributed by atoms with Crippen molar-refractivity contribution in [3.63, 3.8) is 0 Å². The Morgan fingerprint density at radius 3 is 2.76 bits per heavy atom. The van der Waals surface area contributed by atoms with Crippen LogP contribution in [-0.2, 0) is 18.4 Å². The van der Waals surface area contributed by atoms with Crippen molar-refractivity contribution >= 4 is 29.3 Å². The smallest absolute Gasteiger partial charge is 0.234 e. The fourth-order valence-electron chi connectivity index (χ4n) is 3.42. The Bertz CT molecular complexity index is 905. The number of rotatable bonds is 7. The first-order valence-corrected chi connectivity index (χ1v) is 10.9. The zero-order chi connectivity index (χ0) is 20.9. The molecule has 0 aliphatic heterocycles. The first-order chi connectivity index (χ1) is 14.0. The fourth-order valence-corrected chi connectivity index (χ4v) is 4.46. The van der Waals surface area contributed by atoms with Crippen molar-refractivity contribution in [3.05, 3.63) is 35.1 Å². The van der Waals surface area contributed by atoms with Gasteiger partial charge in [0.2, 0.25) is 5.91 Å². The molecule has 7 nitrogen and oxygen atoms in total. The summed E-state index contributed by atoms with van der Waals surface area (Å²) in [4.78, 5) is 14.3. The first kappa shape index (κ1) is 21.5. The maximum Gasteiger partial charge on any atom is 0.234 e. The normalized spacial score (nSPS) is 15.5. The van der Waals surface area contributed by atoms with Gasteiger partial charge in [0.05, 0.1) is 16.8 Å². The lowest BCUT2D eigenvalue weighted by molar-refractivity contribution is -0.131. The van der Waals surface area contributed by atoms with E-state index in [0.717, 1.165) is 32.1 Å². The third-order valence-electron chi connectivity index (χ3n) is 5.35. The summed E-state index contributed by atoms with van der Waals surface area (Å²) in [7, 11) is 3.57. The molecule has 0 saturated heterocycles. The van der Waals surface area contributed by atoms with E-state index in [4.69, 9.17) is 16.3 Å². The number of carbonyl (C=O) groups is 1. The molecule has 1 fully saturated rings. The number of ether oxygens (including phenoxy) is 1. The van der Waals surface area contributed by atoms with E-state index in [1.807, 2.05) is 19.2 Å². The predicted octanol–water partition coefficient (Wildman–Crippen LogP) is 3.82. The molecule has 1 aromatic heterocycles. The summed E-state index contributed by atoms with van der Waals surface area (Å²) < 4.78 is 7.51. The van der Waals surface area contributed by atoms with E-state index >= 15 is 0 Å². The quantitative estimate of drug-likeness (QED) is 0.617. The number of halogens is 1. The number of carbonyl (C=O) groups excluding carboxylic acids is 1. The van der Waals surface area contributed by atoms with Gasteiger partial charge in [0, 0.05) is 14.1 Å². The number of nitrogens with zero attached hydrogens (tertiary/aromatic N) is 5. The minimum absolute atomic E-state index is 0.0738. The molecular formula is C20H24ClN5O2S. The Labute approximate surface area is 180 Å². The van der Waals surface area contributed by atoms with E-state index in [2.05, 4.69) is 16.3 Å². The second-order valence-corrected chi connectivity index (χ2v) is 8.47. The van der Waals surface area contributed by atoms with Gasteiger partial charge >= 0.3 is 0 Å². The van der Waals surface area contributed by atoms with Crippen LogP contribution in [0.2, 0.25) is 5.02 Å². The van der Waals surface area contributed by atoms with E-state index in [0.29, 0.717) is 21.8 Å². The molecule has 1 saturated carbocycles. The zero-order valence-electron chi connectivity index (χ0n) is 16.6. The Kier molecular flexibility index (Phi) is 7.04. The number of thioether (sulfide) groups is 1. The maximum atomic E-state index is 12.7. The molecule has 1 heterocycles. The van der Waals surface area contributed by atoms with Gasteiger partial charge in [0.15, 0.2) is 11.0 Å². The van der Waals surface area contributed by atoms with Crippen LogP contribution in [-0.4, -0.2) is 43.9 Å². The van der Waals surface area contributed by atoms with Crippen molar-refractivity contribution < 1.29 is 9.53 Å². The Morgan fingerprint density at radius 1 is 1.34 bits per heavy atom. The van der Waals surface area contributed by atoms with Crippen molar-refractivity contribution in [2.45, 2.75) is 49.4 Å². The van der Waals surface area contributed by atoms with Crippen molar-refractivity contribution in [2.75, 3.05) is 12.8 Å².